The van der Waals surface area contributed by atoms with Crippen LogP contribution in [0.2, 0.25) is 0 Å². The molecule has 0 saturated heterocycles. The van der Waals surface area contributed by atoms with Gasteiger partial charge in [-0.05, 0) is 25.2 Å². The third-order valence-corrected chi connectivity index (χ3v) is 7.34. The monoisotopic (exact) mass is 565 g/mol. The summed E-state index contributed by atoms with van der Waals surface area (Å²) in [6.07, 6.45) is 17.9. The van der Waals surface area contributed by atoms with Crippen LogP contribution in [-0.4, -0.2) is 77.6 Å². The average Bonchev–Trinajstić information content (AvgIpc) is 2.83. The van der Waals surface area contributed by atoms with Gasteiger partial charge >= 0.3 is 0 Å². The van der Waals surface area contributed by atoms with E-state index in [4.69, 9.17) is 18.5 Å². The number of phosphoric acid groups is 1. The zero-order valence-electron chi connectivity index (χ0n) is 25.3. The van der Waals surface area contributed by atoms with Crippen molar-refractivity contribution in [3.8, 4) is 0 Å². The zero-order valence-corrected chi connectivity index (χ0v) is 26.2. The molecule has 0 aromatic heterocycles. The standard InChI is InChI=1S/C29H60NO7P/c1-28(2)20-16-13-11-9-7-6-8-10-12-14-18-23-34-26-29(35-24-19-15-17-22-31)27-37-38(32,33)36-25-21-30(3,4)5/h22,28-29H,6-21,23-27H2,1-5H3/t29-/m1/s1. The Morgan fingerprint density at radius 1 is 0.737 bits per heavy atom. The topological polar surface area (TPSA) is 94.1 Å². The highest BCUT2D eigenvalue weighted by Gasteiger charge is 2.17. The first-order valence-electron chi connectivity index (χ1n) is 15.1. The van der Waals surface area contributed by atoms with Crippen molar-refractivity contribution in [2.45, 2.75) is 116 Å². The van der Waals surface area contributed by atoms with Crippen molar-refractivity contribution < 1.29 is 37.3 Å². The van der Waals surface area contributed by atoms with Gasteiger partial charge in [-0.25, -0.2) is 0 Å². The predicted molar refractivity (Wildman–Crippen MR) is 153 cm³/mol. The van der Waals surface area contributed by atoms with E-state index in [2.05, 4.69) is 13.8 Å². The van der Waals surface area contributed by atoms with Gasteiger partial charge in [-0.3, -0.25) is 4.57 Å². The molecule has 0 saturated carbocycles. The van der Waals surface area contributed by atoms with Gasteiger partial charge in [-0.1, -0.05) is 84.5 Å². The number of hydrogen-bond donors (Lipinski definition) is 0. The van der Waals surface area contributed by atoms with Gasteiger partial charge in [0.2, 0.25) is 0 Å². The van der Waals surface area contributed by atoms with Gasteiger partial charge in [0.15, 0.2) is 0 Å². The molecule has 0 aromatic rings. The molecule has 0 bridgehead atoms. The smallest absolute Gasteiger partial charge is 0.268 e. The highest BCUT2D eigenvalue weighted by molar-refractivity contribution is 7.45. The third kappa shape index (κ3) is 28.7. The molecule has 0 spiro atoms. The summed E-state index contributed by atoms with van der Waals surface area (Å²) in [6, 6.07) is 0. The van der Waals surface area contributed by atoms with Crippen LogP contribution in [0.5, 0.6) is 0 Å². The minimum absolute atomic E-state index is 0.0659. The van der Waals surface area contributed by atoms with Gasteiger partial charge in [0, 0.05) is 19.6 Å². The largest absolute Gasteiger partial charge is 0.756 e. The summed E-state index contributed by atoms with van der Waals surface area (Å²) in [5, 5.41) is 0. The number of unbranched alkanes of at least 4 members (excludes halogenated alkanes) is 12. The predicted octanol–water partition coefficient (Wildman–Crippen LogP) is 6.30. The lowest BCUT2D eigenvalue weighted by Crippen LogP contribution is -2.37. The van der Waals surface area contributed by atoms with Crippen LogP contribution in [0.4, 0.5) is 0 Å². The lowest BCUT2D eigenvalue weighted by molar-refractivity contribution is -0.870. The normalized spacial score (nSPS) is 14.6. The molecule has 0 N–H and O–H groups in total. The number of hydrogen-bond acceptors (Lipinski definition) is 7. The Bertz CT molecular complexity index is 584. The van der Waals surface area contributed by atoms with Crippen molar-refractivity contribution in [1.29, 1.82) is 0 Å². The van der Waals surface area contributed by atoms with E-state index < -0.39 is 13.9 Å². The molecule has 0 aromatic carbocycles. The summed E-state index contributed by atoms with van der Waals surface area (Å²) in [6.45, 7) is 6.39. The SMILES string of the molecule is CC(C)CCCCCCCCCCCCCOC[C@H](COP(=O)([O-])OCC[N+](C)(C)C)OCCCCC=O. The first-order chi connectivity index (χ1) is 18.1. The van der Waals surface area contributed by atoms with Crippen molar-refractivity contribution in [2.75, 3.05) is 60.7 Å². The van der Waals surface area contributed by atoms with E-state index in [-0.39, 0.29) is 19.8 Å². The highest BCUT2D eigenvalue weighted by atomic mass is 31.2. The lowest BCUT2D eigenvalue weighted by atomic mass is 10.0. The summed E-state index contributed by atoms with van der Waals surface area (Å²) in [5.74, 6) is 0.834. The van der Waals surface area contributed by atoms with E-state index in [1.165, 1.54) is 64.2 Å². The molecule has 0 fully saturated rings. The fraction of sp³-hybridized carbons (Fsp3) is 0.966. The van der Waals surface area contributed by atoms with Gasteiger partial charge < -0.3 is 32.7 Å². The van der Waals surface area contributed by atoms with Crippen molar-refractivity contribution >= 4 is 14.1 Å². The minimum atomic E-state index is -4.40. The Morgan fingerprint density at radius 2 is 1.29 bits per heavy atom. The fourth-order valence-corrected chi connectivity index (χ4v) is 4.65. The fourth-order valence-electron chi connectivity index (χ4n) is 3.92. The Morgan fingerprint density at radius 3 is 1.84 bits per heavy atom. The van der Waals surface area contributed by atoms with Crippen LogP contribution in [0, 0.1) is 5.92 Å². The molecule has 0 aliphatic rings. The quantitative estimate of drug-likeness (QED) is 0.0454. The Labute approximate surface area is 234 Å². The summed E-state index contributed by atoms with van der Waals surface area (Å²) >= 11 is 0. The molecular formula is C29H60NO7P. The van der Waals surface area contributed by atoms with Gasteiger partial charge in [-0.15, -0.1) is 0 Å². The van der Waals surface area contributed by atoms with Crippen LogP contribution in [-0.2, 0) is 27.9 Å². The van der Waals surface area contributed by atoms with Crippen molar-refractivity contribution in [2.24, 2.45) is 5.92 Å². The molecule has 228 valence electrons. The first-order valence-corrected chi connectivity index (χ1v) is 16.6. The van der Waals surface area contributed by atoms with Crippen molar-refractivity contribution in [1.82, 2.24) is 0 Å². The van der Waals surface area contributed by atoms with Crippen LogP contribution < -0.4 is 4.89 Å². The van der Waals surface area contributed by atoms with E-state index in [0.29, 0.717) is 30.7 Å². The number of quaternary nitrogens is 1. The molecular weight excluding hydrogens is 505 g/mol. The van der Waals surface area contributed by atoms with Crippen LogP contribution in [0.15, 0.2) is 0 Å². The van der Waals surface area contributed by atoms with Crippen molar-refractivity contribution in [3.05, 3.63) is 0 Å². The second kappa shape index (κ2) is 24.5. The third-order valence-electron chi connectivity index (χ3n) is 6.37. The van der Waals surface area contributed by atoms with Gasteiger partial charge in [0.25, 0.3) is 7.82 Å². The second-order valence-corrected chi connectivity index (χ2v) is 13.3. The van der Waals surface area contributed by atoms with E-state index in [0.717, 1.165) is 37.9 Å². The van der Waals surface area contributed by atoms with E-state index in [1.54, 1.807) is 0 Å². The van der Waals surface area contributed by atoms with Crippen LogP contribution in [0.1, 0.15) is 110 Å². The number of rotatable bonds is 29. The van der Waals surface area contributed by atoms with Gasteiger partial charge in [-0.2, -0.15) is 0 Å². The molecule has 2 atom stereocenters. The van der Waals surface area contributed by atoms with E-state index >= 15 is 0 Å². The molecule has 0 amide bonds. The maximum Gasteiger partial charge on any atom is 0.268 e. The molecule has 9 heteroatoms. The number of phosphoric ester groups is 1. The average molecular weight is 566 g/mol. The maximum atomic E-state index is 12.1. The summed E-state index contributed by atoms with van der Waals surface area (Å²) < 4.78 is 34.3. The Hall–Kier alpha value is -0.340. The number of likely N-dealkylation sites (N-methyl/N-ethyl adjacent to an activating group) is 1. The Kier molecular flexibility index (Phi) is 24.2. The molecule has 38 heavy (non-hydrogen) atoms. The molecule has 0 rings (SSSR count). The molecule has 0 radical (unpaired) electrons. The number of aldehydes is 1. The zero-order chi connectivity index (χ0) is 28.5. The van der Waals surface area contributed by atoms with Crippen LogP contribution >= 0.6 is 7.82 Å². The number of ether oxygens (including phenoxy) is 2. The molecule has 1 unspecified atom stereocenters. The summed E-state index contributed by atoms with van der Waals surface area (Å²) in [5.41, 5.74) is 0. The number of carbonyl (C=O) groups is 1. The second-order valence-electron chi connectivity index (χ2n) is 11.9. The maximum absolute atomic E-state index is 12.1. The number of carbonyl (C=O) groups excluding carboxylic acids is 1. The van der Waals surface area contributed by atoms with Crippen LogP contribution in [0.3, 0.4) is 0 Å². The number of nitrogens with zero attached hydrogens (tertiary/aromatic N) is 1. The van der Waals surface area contributed by atoms with E-state index in [1.807, 2.05) is 21.1 Å². The molecule has 8 nitrogen and oxygen atoms in total. The Balaban J connectivity index is 3.97. The molecule has 0 aliphatic carbocycles. The molecule has 0 heterocycles. The lowest BCUT2D eigenvalue weighted by Gasteiger charge is -2.28. The minimum Gasteiger partial charge on any atom is -0.756 e. The van der Waals surface area contributed by atoms with Gasteiger partial charge in [0.1, 0.15) is 25.5 Å². The van der Waals surface area contributed by atoms with Crippen molar-refractivity contribution in [3.63, 3.8) is 0 Å². The first kappa shape index (κ1) is 37.7. The molecule has 0 aliphatic heterocycles. The van der Waals surface area contributed by atoms with E-state index in [9.17, 15) is 14.3 Å². The summed E-state index contributed by atoms with van der Waals surface area (Å²) in [4.78, 5) is 22.6. The summed E-state index contributed by atoms with van der Waals surface area (Å²) in [7, 11) is 1.48. The van der Waals surface area contributed by atoms with Gasteiger partial charge in [0.05, 0.1) is 34.4 Å². The van der Waals surface area contributed by atoms with Crippen LogP contribution in [0.25, 0.3) is 0 Å². The highest BCUT2D eigenvalue weighted by Crippen LogP contribution is 2.38.